The largest absolute Gasteiger partial charge is 0.481 e. The Morgan fingerprint density at radius 1 is 0.923 bits per heavy atom. The van der Waals surface area contributed by atoms with Gasteiger partial charge in [-0.25, -0.2) is 4.79 Å². The maximum atomic E-state index is 12.6. The molecule has 3 aromatic rings. The van der Waals surface area contributed by atoms with Crippen LogP contribution in [0.4, 0.5) is 27.5 Å². The minimum Gasteiger partial charge on any atom is -0.481 e. The van der Waals surface area contributed by atoms with Gasteiger partial charge < -0.3 is 31.7 Å². The number of nitrogens with one attached hydrogen (secondary N) is 5. The molecule has 3 aromatic carbocycles. The predicted octanol–water partition coefficient (Wildman–Crippen LogP) is 4.73. The van der Waals surface area contributed by atoms with E-state index in [1.54, 1.807) is 42.5 Å². The smallest absolute Gasteiger partial charge is 0.323 e. The van der Waals surface area contributed by atoms with Crippen LogP contribution in [0.5, 0.6) is 0 Å². The molecule has 4 amide bonds. The van der Waals surface area contributed by atoms with Crippen LogP contribution in [-0.4, -0.2) is 35.0 Å². The first-order valence-corrected chi connectivity index (χ1v) is 12.7. The second kappa shape index (κ2) is 13.6. The van der Waals surface area contributed by atoms with Crippen LogP contribution in [0, 0.1) is 6.92 Å². The van der Waals surface area contributed by atoms with E-state index in [0.29, 0.717) is 17.1 Å². The maximum absolute atomic E-state index is 12.6. The maximum Gasteiger partial charge on any atom is 0.323 e. The molecule has 1 aliphatic rings. The fraction of sp³-hybridized carbons (Fsp3) is 0.241. The van der Waals surface area contributed by atoms with Crippen LogP contribution in [0.15, 0.2) is 66.7 Å². The molecule has 0 radical (unpaired) electrons. The highest BCUT2D eigenvalue weighted by Crippen LogP contribution is 2.24. The summed E-state index contributed by atoms with van der Waals surface area (Å²) < 4.78 is 0. The van der Waals surface area contributed by atoms with Gasteiger partial charge in [0, 0.05) is 29.3 Å². The number of anilines is 4. The van der Waals surface area contributed by atoms with Crippen molar-refractivity contribution in [2.45, 2.75) is 46.2 Å². The van der Waals surface area contributed by atoms with Gasteiger partial charge in [-0.15, -0.1) is 0 Å². The summed E-state index contributed by atoms with van der Waals surface area (Å²) >= 11 is 0. The Hall–Kier alpha value is -4.86. The SMILES string of the molecule is CC.Cc1ccccc1NC(=O)Nc1ccc(CC(=O)Nc2ccc3c(c2)CNC(=O)C(CC(=O)O)N3)cc1. The number of hydrogen-bond donors (Lipinski definition) is 6. The van der Waals surface area contributed by atoms with Crippen molar-refractivity contribution >= 4 is 46.6 Å². The van der Waals surface area contributed by atoms with E-state index in [-0.39, 0.29) is 31.3 Å². The number of amides is 4. The van der Waals surface area contributed by atoms with E-state index in [0.717, 1.165) is 22.4 Å². The molecule has 1 atom stereocenters. The van der Waals surface area contributed by atoms with Crippen LogP contribution in [0.2, 0.25) is 0 Å². The van der Waals surface area contributed by atoms with Crippen molar-refractivity contribution in [3.63, 3.8) is 0 Å². The topological polar surface area (TPSA) is 149 Å². The summed E-state index contributed by atoms with van der Waals surface area (Å²) in [5, 5.41) is 23.1. The minimum absolute atomic E-state index is 0.127. The molecule has 0 aromatic heterocycles. The van der Waals surface area contributed by atoms with Crippen LogP contribution in [-0.2, 0) is 27.3 Å². The van der Waals surface area contributed by atoms with Gasteiger partial charge >= 0.3 is 12.0 Å². The first-order chi connectivity index (χ1) is 18.8. The molecule has 204 valence electrons. The van der Waals surface area contributed by atoms with Crippen LogP contribution in [0.3, 0.4) is 0 Å². The zero-order valence-electron chi connectivity index (χ0n) is 22.1. The van der Waals surface area contributed by atoms with Crippen molar-refractivity contribution in [3.05, 3.63) is 83.4 Å². The third-order valence-electron chi connectivity index (χ3n) is 5.84. The Kier molecular flexibility index (Phi) is 10.0. The lowest BCUT2D eigenvalue weighted by Crippen LogP contribution is -2.38. The van der Waals surface area contributed by atoms with Gasteiger partial charge in [0.2, 0.25) is 11.8 Å². The average Bonchev–Trinajstić information content (AvgIpc) is 3.05. The van der Waals surface area contributed by atoms with Gasteiger partial charge in [-0.3, -0.25) is 14.4 Å². The molecule has 1 heterocycles. The quantitative estimate of drug-likeness (QED) is 0.260. The number of carbonyl (C=O) groups is 4. The number of carboxylic acids is 1. The summed E-state index contributed by atoms with van der Waals surface area (Å²) in [7, 11) is 0. The molecular formula is C29H33N5O5. The lowest BCUT2D eigenvalue weighted by atomic mass is 10.1. The summed E-state index contributed by atoms with van der Waals surface area (Å²) in [5.41, 5.74) is 4.97. The first kappa shape index (κ1) is 28.7. The number of urea groups is 1. The van der Waals surface area contributed by atoms with Gasteiger partial charge in [-0.05, 0) is 60.0 Å². The molecule has 0 saturated carbocycles. The highest BCUT2D eigenvalue weighted by molar-refractivity contribution is 6.00. The number of carbonyl (C=O) groups excluding carboxylic acids is 3. The number of hydrogen-bond acceptors (Lipinski definition) is 5. The average molecular weight is 532 g/mol. The number of aliphatic carboxylic acids is 1. The molecule has 39 heavy (non-hydrogen) atoms. The van der Waals surface area contributed by atoms with Gasteiger partial charge in [-0.1, -0.05) is 44.2 Å². The standard InChI is InChI=1S/C27H27N5O5.C2H6/c1-16-4-2-3-5-21(16)32-27(37)30-19-8-6-17(7-9-19)12-24(33)29-20-10-11-22-18(13-20)15-28-26(36)23(31-22)14-25(34)35;1-2/h2-11,13,23,31H,12,14-15H2,1H3,(H,28,36)(H,29,33)(H,34,35)(H2,30,32,37);1-2H3. The Bertz CT molecular complexity index is 1340. The zero-order valence-corrected chi connectivity index (χ0v) is 22.1. The van der Waals surface area contributed by atoms with Crippen molar-refractivity contribution in [3.8, 4) is 0 Å². The monoisotopic (exact) mass is 531 g/mol. The lowest BCUT2D eigenvalue weighted by Gasteiger charge is -2.15. The normalized spacial score (nSPS) is 13.7. The third-order valence-corrected chi connectivity index (χ3v) is 5.84. The first-order valence-electron chi connectivity index (χ1n) is 12.7. The molecule has 0 bridgehead atoms. The Morgan fingerprint density at radius 3 is 2.31 bits per heavy atom. The van der Waals surface area contributed by atoms with E-state index in [2.05, 4.69) is 26.6 Å². The molecule has 0 aliphatic carbocycles. The molecule has 0 spiro atoms. The van der Waals surface area contributed by atoms with Crippen molar-refractivity contribution in [1.29, 1.82) is 0 Å². The summed E-state index contributed by atoms with van der Waals surface area (Å²) in [4.78, 5) is 48.0. The van der Waals surface area contributed by atoms with E-state index >= 15 is 0 Å². The van der Waals surface area contributed by atoms with Crippen LogP contribution < -0.4 is 26.6 Å². The second-order valence-electron chi connectivity index (χ2n) is 8.70. The highest BCUT2D eigenvalue weighted by Gasteiger charge is 2.25. The number of para-hydroxylation sites is 1. The number of benzene rings is 3. The molecule has 10 nitrogen and oxygen atoms in total. The van der Waals surface area contributed by atoms with Crippen molar-refractivity contribution in [2.75, 3.05) is 21.3 Å². The Balaban J connectivity index is 0.00000205. The van der Waals surface area contributed by atoms with E-state index < -0.39 is 17.9 Å². The summed E-state index contributed by atoms with van der Waals surface area (Å²) in [6.45, 7) is 6.13. The van der Waals surface area contributed by atoms with Crippen LogP contribution >= 0.6 is 0 Å². The van der Waals surface area contributed by atoms with Gasteiger partial charge in [0.15, 0.2) is 0 Å². The molecule has 0 saturated heterocycles. The molecule has 1 aliphatic heterocycles. The Labute approximate surface area is 227 Å². The van der Waals surface area contributed by atoms with E-state index in [1.807, 2.05) is 45.0 Å². The Morgan fingerprint density at radius 2 is 1.62 bits per heavy atom. The van der Waals surface area contributed by atoms with E-state index in [9.17, 15) is 19.2 Å². The molecule has 0 fully saturated rings. The zero-order chi connectivity index (χ0) is 28.4. The van der Waals surface area contributed by atoms with E-state index in [1.165, 1.54) is 0 Å². The molecule has 10 heteroatoms. The van der Waals surface area contributed by atoms with Crippen LogP contribution in [0.25, 0.3) is 0 Å². The summed E-state index contributed by atoms with van der Waals surface area (Å²) in [6, 6.07) is 18.4. The van der Waals surface area contributed by atoms with Crippen molar-refractivity contribution in [2.24, 2.45) is 0 Å². The molecule has 1 unspecified atom stereocenters. The minimum atomic E-state index is -1.07. The lowest BCUT2D eigenvalue weighted by molar-refractivity contribution is -0.139. The number of fused-ring (bicyclic) bond motifs is 1. The third kappa shape index (κ3) is 8.32. The number of aryl methyl sites for hydroxylation is 1. The van der Waals surface area contributed by atoms with Crippen molar-refractivity contribution in [1.82, 2.24) is 5.32 Å². The van der Waals surface area contributed by atoms with E-state index in [4.69, 9.17) is 5.11 Å². The fourth-order valence-corrected chi connectivity index (χ4v) is 3.93. The van der Waals surface area contributed by atoms with Gasteiger partial charge in [-0.2, -0.15) is 0 Å². The second-order valence-corrected chi connectivity index (χ2v) is 8.70. The predicted molar refractivity (Wildman–Crippen MR) is 152 cm³/mol. The van der Waals surface area contributed by atoms with Crippen molar-refractivity contribution < 1.29 is 24.3 Å². The number of rotatable bonds is 7. The summed E-state index contributed by atoms with van der Waals surface area (Å²) in [6.07, 6.45) is -0.210. The van der Waals surface area contributed by atoms with Gasteiger partial charge in [0.25, 0.3) is 0 Å². The number of carboxylic acid groups (broad SMARTS) is 1. The summed E-state index contributed by atoms with van der Waals surface area (Å²) in [5.74, 6) is -1.70. The fourth-order valence-electron chi connectivity index (χ4n) is 3.93. The van der Waals surface area contributed by atoms with Gasteiger partial charge in [0.1, 0.15) is 6.04 Å². The van der Waals surface area contributed by atoms with Crippen LogP contribution in [0.1, 0.15) is 37.0 Å². The molecule has 6 N–H and O–H groups in total. The van der Waals surface area contributed by atoms with Gasteiger partial charge in [0.05, 0.1) is 12.8 Å². The highest BCUT2D eigenvalue weighted by atomic mass is 16.4. The molecule has 4 rings (SSSR count). The molecular weight excluding hydrogens is 498 g/mol.